The molecule has 0 spiro atoms. The molecule has 5 aromatic rings. The first-order valence-corrected chi connectivity index (χ1v) is 12.8. The number of benzene rings is 2. The lowest BCUT2D eigenvalue weighted by Gasteiger charge is -2.12. The van der Waals surface area contributed by atoms with Gasteiger partial charge in [0.2, 0.25) is 0 Å². The number of nitrogens with zero attached hydrogens (tertiary/aromatic N) is 4. The maximum Gasteiger partial charge on any atom is 0.284 e. The predicted molar refractivity (Wildman–Crippen MR) is 147 cm³/mol. The Morgan fingerprint density at radius 2 is 2.02 bits per heavy atom. The molecule has 2 aromatic carbocycles. The summed E-state index contributed by atoms with van der Waals surface area (Å²) in [6.07, 6.45) is 2.92. The number of pyridine rings is 1. The minimum absolute atomic E-state index is 0.0540. The van der Waals surface area contributed by atoms with Gasteiger partial charge in [0.1, 0.15) is 16.7 Å². The number of H-pyrrole nitrogens is 1. The summed E-state index contributed by atoms with van der Waals surface area (Å²) in [6, 6.07) is 14.5. The van der Waals surface area contributed by atoms with Gasteiger partial charge in [-0.05, 0) is 44.0 Å². The molecule has 0 saturated heterocycles. The second-order valence-electron chi connectivity index (χ2n) is 9.54. The van der Waals surface area contributed by atoms with Crippen LogP contribution in [-0.2, 0) is 13.0 Å². The molecule has 3 aromatic heterocycles. The van der Waals surface area contributed by atoms with Gasteiger partial charge in [0.05, 0.1) is 18.0 Å². The number of hydrogen-bond donors (Lipinski definition) is 4. The predicted octanol–water partition coefficient (Wildman–Crippen LogP) is 3.83. The van der Waals surface area contributed by atoms with Crippen molar-refractivity contribution >= 4 is 28.4 Å². The first-order chi connectivity index (χ1) is 19.4. The van der Waals surface area contributed by atoms with Crippen LogP contribution < -0.4 is 20.9 Å². The molecule has 1 aliphatic heterocycles. The molecular formula is C28H26FN7O4. The smallest absolute Gasteiger partial charge is 0.284 e. The quantitative estimate of drug-likeness (QED) is 0.233. The fraction of sp³-hybridized carbons (Fsp3) is 0.214. The number of amides is 1. The molecule has 204 valence electrons. The monoisotopic (exact) mass is 543 g/mol. The van der Waals surface area contributed by atoms with E-state index in [1.165, 1.54) is 23.0 Å². The SMILES string of the molecule is C[C@H](CO)Nc1n[nH]c2nccc(Oc3ccc(NC(=O)c4c5n(n(-c6ccccc6)c4=O)CCC5)cc3F)c12. The van der Waals surface area contributed by atoms with Crippen molar-refractivity contribution in [2.75, 3.05) is 17.2 Å². The molecule has 4 N–H and O–H groups in total. The van der Waals surface area contributed by atoms with Crippen LogP contribution in [0.2, 0.25) is 0 Å². The molecule has 0 aliphatic carbocycles. The molecule has 11 nitrogen and oxygen atoms in total. The zero-order chi connectivity index (χ0) is 27.8. The molecule has 0 saturated carbocycles. The first kappa shape index (κ1) is 25.3. The maximum atomic E-state index is 15.2. The molecule has 12 heteroatoms. The zero-order valence-corrected chi connectivity index (χ0v) is 21.5. The number of halogens is 1. The number of anilines is 2. The molecule has 4 heterocycles. The van der Waals surface area contributed by atoms with Crippen molar-refractivity contribution in [1.29, 1.82) is 0 Å². The van der Waals surface area contributed by atoms with Crippen LogP contribution in [0.5, 0.6) is 11.5 Å². The lowest BCUT2D eigenvalue weighted by atomic mass is 10.1. The third kappa shape index (κ3) is 4.47. The number of carbonyl (C=O) groups excluding carboxylic acids is 1. The number of nitrogens with one attached hydrogen (secondary N) is 3. The Bertz CT molecular complexity index is 1780. The second kappa shape index (κ2) is 10.3. The molecule has 0 radical (unpaired) electrons. The van der Waals surface area contributed by atoms with E-state index in [9.17, 15) is 14.7 Å². The summed E-state index contributed by atoms with van der Waals surface area (Å²) in [7, 11) is 0. The number of hydrogen-bond acceptors (Lipinski definition) is 7. The number of carbonyl (C=O) groups is 1. The molecule has 0 bridgehead atoms. The van der Waals surface area contributed by atoms with Gasteiger partial charge in [-0.15, -0.1) is 0 Å². The number of rotatable bonds is 8. The van der Waals surface area contributed by atoms with Gasteiger partial charge in [0.25, 0.3) is 11.5 Å². The average molecular weight is 544 g/mol. The number of aliphatic hydroxyl groups excluding tert-OH is 1. The summed E-state index contributed by atoms with van der Waals surface area (Å²) in [6.45, 7) is 2.30. The molecule has 1 atom stereocenters. The van der Waals surface area contributed by atoms with Gasteiger partial charge in [-0.3, -0.25) is 19.4 Å². The number of aliphatic hydroxyl groups is 1. The van der Waals surface area contributed by atoms with Crippen molar-refractivity contribution in [1.82, 2.24) is 24.5 Å². The molecule has 6 rings (SSSR count). The van der Waals surface area contributed by atoms with Crippen LogP contribution in [0.25, 0.3) is 16.7 Å². The van der Waals surface area contributed by atoms with E-state index in [2.05, 4.69) is 25.8 Å². The Kier molecular flexibility index (Phi) is 6.52. The second-order valence-corrected chi connectivity index (χ2v) is 9.54. The number of para-hydroxylation sites is 1. The third-order valence-corrected chi connectivity index (χ3v) is 6.75. The van der Waals surface area contributed by atoms with Crippen molar-refractivity contribution < 1.29 is 19.0 Å². The standard InChI is InChI=1S/C28H26FN7O4/c1-16(15-37)31-26-24-22(11-12-30-25(24)33-34-26)40-21-10-9-17(14-19(21)29)32-27(38)23-20-8-5-13-35(20)36(28(23)39)18-6-3-2-4-7-18/h2-4,6-7,9-12,14,16,37H,5,8,13,15H2,1H3,(H,32,38)(H2,30,31,33,34)/t16-/m1/s1. The summed E-state index contributed by atoms with van der Waals surface area (Å²) in [4.78, 5) is 30.8. The van der Waals surface area contributed by atoms with Crippen LogP contribution >= 0.6 is 0 Å². The summed E-state index contributed by atoms with van der Waals surface area (Å²) in [5.74, 6) is -0.684. The minimum atomic E-state index is -0.715. The summed E-state index contributed by atoms with van der Waals surface area (Å²) < 4.78 is 24.4. The lowest BCUT2D eigenvalue weighted by molar-refractivity contribution is 0.102. The molecule has 0 unspecified atom stereocenters. The van der Waals surface area contributed by atoms with Crippen molar-refractivity contribution in [3.05, 3.63) is 88.2 Å². The van der Waals surface area contributed by atoms with Crippen molar-refractivity contribution in [2.45, 2.75) is 32.4 Å². The zero-order valence-electron chi connectivity index (χ0n) is 21.5. The van der Waals surface area contributed by atoms with Gasteiger partial charge >= 0.3 is 0 Å². The fourth-order valence-corrected chi connectivity index (χ4v) is 4.89. The Balaban J connectivity index is 1.26. The van der Waals surface area contributed by atoms with Crippen molar-refractivity contribution in [3.63, 3.8) is 0 Å². The Hall–Kier alpha value is -4.97. The lowest BCUT2D eigenvalue weighted by Crippen LogP contribution is -2.26. The van der Waals surface area contributed by atoms with Gasteiger partial charge in [-0.2, -0.15) is 5.10 Å². The molecule has 40 heavy (non-hydrogen) atoms. The van der Waals surface area contributed by atoms with E-state index < -0.39 is 17.3 Å². The Morgan fingerprint density at radius 1 is 1.20 bits per heavy atom. The Morgan fingerprint density at radius 3 is 2.80 bits per heavy atom. The Labute approximate surface area is 227 Å². The summed E-state index contributed by atoms with van der Waals surface area (Å²) in [5.41, 5.74) is 1.58. The van der Waals surface area contributed by atoms with Crippen LogP contribution in [0.3, 0.4) is 0 Å². The van der Waals surface area contributed by atoms with Gasteiger partial charge in [-0.25, -0.2) is 14.1 Å². The van der Waals surface area contributed by atoms with E-state index in [1.54, 1.807) is 13.0 Å². The maximum absolute atomic E-state index is 15.2. The summed E-state index contributed by atoms with van der Waals surface area (Å²) in [5, 5.41) is 22.6. The molecule has 1 amide bonds. The highest BCUT2D eigenvalue weighted by Crippen LogP contribution is 2.34. The van der Waals surface area contributed by atoms with E-state index in [1.807, 2.05) is 35.0 Å². The van der Waals surface area contributed by atoms with Crippen LogP contribution in [0.15, 0.2) is 65.6 Å². The van der Waals surface area contributed by atoms with Crippen molar-refractivity contribution in [3.8, 4) is 17.2 Å². The van der Waals surface area contributed by atoms with Crippen LogP contribution in [0, 0.1) is 5.82 Å². The first-order valence-electron chi connectivity index (χ1n) is 12.8. The fourth-order valence-electron chi connectivity index (χ4n) is 4.89. The van der Waals surface area contributed by atoms with Gasteiger partial charge in [-0.1, -0.05) is 18.2 Å². The highest BCUT2D eigenvalue weighted by atomic mass is 19.1. The van der Waals surface area contributed by atoms with Crippen LogP contribution in [0.1, 0.15) is 29.4 Å². The number of aromatic amines is 1. The normalized spacial score (nSPS) is 13.3. The largest absolute Gasteiger partial charge is 0.453 e. The van der Waals surface area contributed by atoms with Gasteiger partial charge in [0.15, 0.2) is 23.0 Å². The van der Waals surface area contributed by atoms with Crippen molar-refractivity contribution in [2.24, 2.45) is 0 Å². The molecule has 1 aliphatic rings. The molecule has 0 fully saturated rings. The van der Waals surface area contributed by atoms with Crippen LogP contribution in [-0.4, -0.2) is 48.2 Å². The number of aromatic nitrogens is 5. The van der Waals surface area contributed by atoms with E-state index in [0.717, 1.165) is 12.5 Å². The van der Waals surface area contributed by atoms with E-state index in [4.69, 9.17) is 4.74 Å². The number of fused-ring (bicyclic) bond motifs is 2. The van der Waals surface area contributed by atoms with E-state index in [0.29, 0.717) is 46.9 Å². The van der Waals surface area contributed by atoms with Gasteiger partial charge in [0, 0.05) is 36.6 Å². The van der Waals surface area contributed by atoms with E-state index in [-0.39, 0.29) is 29.6 Å². The van der Waals surface area contributed by atoms with Crippen LogP contribution in [0.4, 0.5) is 15.9 Å². The highest BCUT2D eigenvalue weighted by Gasteiger charge is 2.29. The third-order valence-electron chi connectivity index (χ3n) is 6.75. The average Bonchev–Trinajstić information content (AvgIpc) is 3.65. The minimum Gasteiger partial charge on any atom is -0.453 e. The topological polar surface area (TPSA) is 139 Å². The highest BCUT2D eigenvalue weighted by molar-refractivity contribution is 6.05. The van der Waals surface area contributed by atoms with E-state index >= 15 is 4.39 Å². The van der Waals surface area contributed by atoms with Gasteiger partial charge < -0.3 is 20.5 Å². The molecular weight excluding hydrogens is 517 g/mol. The summed E-state index contributed by atoms with van der Waals surface area (Å²) >= 11 is 0. The number of ether oxygens (including phenoxy) is 1.